The van der Waals surface area contributed by atoms with Gasteiger partial charge < -0.3 is 4.74 Å². The second kappa shape index (κ2) is 6.10. The van der Waals surface area contributed by atoms with Crippen molar-refractivity contribution < 1.29 is 4.74 Å². The molecule has 0 aliphatic heterocycles. The van der Waals surface area contributed by atoms with Gasteiger partial charge in [0.1, 0.15) is 0 Å². The molecule has 0 spiro atoms. The van der Waals surface area contributed by atoms with Crippen molar-refractivity contribution in [2.24, 2.45) is 0 Å². The van der Waals surface area contributed by atoms with Gasteiger partial charge in [-0.05, 0) is 52.4 Å². The van der Waals surface area contributed by atoms with Gasteiger partial charge >= 0.3 is 0 Å². The Morgan fingerprint density at radius 2 is 2.06 bits per heavy atom. The highest BCUT2D eigenvalue weighted by Gasteiger charge is 2.18. The first-order valence-electron chi connectivity index (χ1n) is 5.84. The van der Waals surface area contributed by atoms with Crippen LogP contribution in [0.2, 0.25) is 5.02 Å². The molecule has 1 nitrogen and oxygen atoms in total. The van der Waals surface area contributed by atoms with E-state index in [1.807, 2.05) is 12.1 Å². The fraction of sp³-hybridized carbons (Fsp3) is 0.500. The summed E-state index contributed by atoms with van der Waals surface area (Å²) < 4.78 is 6.57. The zero-order chi connectivity index (χ0) is 13.1. The molecule has 0 aromatic heterocycles. The standard InChI is InChI=1S/C14H19BrClO/c1-5-6-7-17-13-11(15)8-10(9-12(13)16)14(2,3)4/h8-9H,2,5-7H2,1,3-4H3. The second-order valence-corrected chi connectivity index (χ2v) is 6.12. The highest BCUT2D eigenvalue weighted by molar-refractivity contribution is 9.10. The maximum atomic E-state index is 6.24. The van der Waals surface area contributed by atoms with Gasteiger partial charge in [-0.25, -0.2) is 0 Å². The Bertz CT molecular complexity index is 359. The van der Waals surface area contributed by atoms with Crippen LogP contribution in [0.4, 0.5) is 0 Å². The number of halogens is 2. The fourth-order valence-electron chi connectivity index (χ4n) is 1.41. The lowest BCUT2D eigenvalue weighted by atomic mass is 9.87. The Labute approximate surface area is 118 Å². The summed E-state index contributed by atoms with van der Waals surface area (Å²) in [4.78, 5) is 0. The predicted molar refractivity (Wildman–Crippen MR) is 77.9 cm³/mol. The van der Waals surface area contributed by atoms with Crippen LogP contribution in [0.1, 0.15) is 39.2 Å². The van der Waals surface area contributed by atoms with Crippen LogP contribution in [0.3, 0.4) is 0 Å². The van der Waals surface area contributed by atoms with Gasteiger partial charge in [0.2, 0.25) is 0 Å². The molecule has 0 atom stereocenters. The van der Waals surface area contributed by atoms with Gasteiger partial charge in [-0.1, -0.05) is 38.8 Å². The van der Waals surface area contributed by atoms with Crippen molar-refractivity contribution in [3.63, 3.8) is 0 Å². The molecule has 0 fully saturated rings. The Kier molecular flexibility index (Phi) is 5.33. The number of hydrogen-bond acceptors (Lipinski definition) is 1. The average molecular weight is 319 g/mol. The van der Waals surface area contributed by atoms with Gasteiger partial charge in [0.25, 0.3) is 0 Å². The molecule has 1 aromatic rings. The minimum atomic E-state index is -0.159. The van der Waals surface area contributed by atoms with E-state index < -0.39 is 0 Å². The molecule has 1 radical (unpaired) electrons. The number of hydrogen-bond donors (Lipinski definition) is 0. The third-order valence-electron chi connectivity index (χ3n) is 2.52. The fourth-order valence-corrected chi connectivity index (χ4v) is 2.37. The Morgan fingerprint density at radius 3 is 2.53 bits per heavy atom. The van der Waals surface area contributed by atoms with E-state index in [4.69, 9.17) is 16.3 Å². The number of unbranched alkanes of at least 4 members (excludes halogenated alkanes) is 1. The van der Waals surface area contributed by atoms with E-state index >= 15 is 0 Å². The largest absolute Gasteiger partial charge is 0.491 e. The van der Waals surface area contributed by atoms with Gasteiger partial charge in [-0.2, -0.15) is 0 Å². The van der Waals surface area contributed by atoms with Gasteiger partial charge in [0.15, 0.2) is 5.75 Å². The minimum Gasteiger partial charge on any atom is -0.491 e. The maximum absolute atomic E-state index is 6.24. The molecule has 95 valence electrons. The van der Waals surface area contributed by atoms with Gasteiger partial charge in [-0.3, -0.25) is 0 Å². The highest BCUT2D eigenvalue weighted by Crippen LogP contribution is 2.37. The highest BCUT2D eigenvalue weighted by atomic mass is 79.9. The van der Waals surface area contributed by atoms with Crippen LogP contribution < -0.4 is 4.74 Å². The van der Waals surface area contributed by atoms with Crippen LogP contribution in [-0.4, -0.2) is 6.61 Å². The zero-order valence-corrected chi connectivity index (χ0v) is 13.0. The number of rotatable bonds is 5. The summed E-state index contributed by atoms with van der Waals surface area (Å²) >= 11 is 9.74. The first kappa shape index (κ1) is 14.8. The molecule has 0 saturated carbocycles. The summed E-state index contributed by atoms with van der Waals surface area (Å²) in [5, 5.41) is 0.641. The lowest BCUT2D eigenvalue weighted by Crippen LogP contribution is -2.12. The predicted octanol–water partition coefficient (Wildman–Crippen LogP) is 5.39. The van der Waals surface area contributed by atoms with Crippen LogP contribution >= 0.6 is 27.5 Å². The summed E-state index contributed by atoms with van der Waals surface area (Å²) in [6.45, 7) is 11.1. The van der Waals surface area contributed by atoms with E-state index in [0.29, 0.717) is 11.6 Å². The van der Waals surface area contributed by atoms with Crippen molar-refractivity contribution in [3.8, 4) is 5.75 Å². The Balaban J connectivity index is 2.95. The molecule has 0 unspecified atom stereocenters. The topological polar surface area (TPSA) is 9.23 Å². The Hall–Kier alpha value is -0.210. The van der Waals surface area contributed by atoms with E-state index in [2.05, 4.69) is 43.6 Å². The first-order valence-corrected chi connectivity index (χ1v) is 7.01. The molecule has 0 amide bonds. The van der Waals surface area contributed by atoms with Crippen LogP contribution in [0, 0.1) is 6.92 Å². The average Bonchev–Trinajstić information content (AvgIpc) is 2.20. The van der Waals surface area contributed by atoms with Gasteiger partial charge in [0.05, 0.1) is 16.1 Å². The van der Waals surface area contributed by atoms with Crippen molar-refractivity contribution in [1.82, 2.24) is 0 Å². The van der Waals surface area contributed by atoms with Gasteiger partial charge in [-0.15, -0.1) is 0 Å². The van der Waals surface area contributed by atoms with Crippen LogP contribution in [0.15, 0.2) is 16.6 Å². The van der Waals surface area contributed by atoms with Crippen molar-refractivity contribution in [1.29, 1.82) is 0 Å². The summed E-state index contributed by atoms with van der Waals surface area (Å²) in [5.41, 5.74) is 0.936. The summed E-state index contributed by atoms with van der Waals surface area (Å²) in [5.74, 6) is 0.730. The third kappa shape index (κ3) is 4.18. The van der Waals surface area contributed by atoms with Crippen LogP contribution in [-0.2, 0) is 5.41 Å². The third-order valence-corrected chi connectivity index (χ3v) is 3.39. The summed E-state index contributed by atoms with van der Waals surface area (Å²) in [6, 6.07) is 3.96. The maximum Gasteiger partial charge on any atom is 0.152 e. The quantitative estimate of drug-likeness (QED) is 0.661. The van der Waals surface area contributed by atoms with Crippen molar-refractivity contribution in [2.45, 2.75) is 39.0 Å². The minimum absolute atomic E-state index is 0.159. The van der Waals surface area contributed by atoms with E-state index in [9.17, 15) is 0 Å². The lowest BCUT2D eigenvalue weighted by molar-refractivity contribution is 0.307. The van der Waals surface area contributed by atoms with E-state index in [1.165, 1.54) is 0 Å². The second-order valence-electron chi connectivity index (χ2n) is 4.85. The lowest BCUT2D eigenvalue weighted by Gasteiger charge is -2.21. The molecule has 1 aromatic carbocycles. The SMILES string of the molecule is [CH2]C(C)(C)c1cc(Cl)c(OCCCC)c(Br)c1. The van der Waals surface area contributed by atoms with Crippen LogP contribution in [0.5, 0.6) is 5.75 Å². The summed E-state index contributed by atoms with van der Waals surface area (Å²) in [6.07, 6.45) is 2.14. The van der Waals surface area contributed by atoms with Crippen molar-refractivity contribution >= 4 is 27.5 Å². The molecular formula is C14H19BrClO. The van der Waals surface area contributed by atoms with E-state index in [0.717, 1.165) is 28.6 Å². The van der Waals surface area contributed by atoms with Crippen LogP contribution in [0.25, 0.3) is 0 Å². The van der Waals surface area contributed by atoms with Crippen molar-refractivity contribution in [3.05, 3.63) is 34.1 Å². The summed E-state index contributed by atoms with van der Waals surface area (Å²) in [7, 11) is 0. The molecule has 0 heterocycles. The molecule has 0 aliphatic rings. The van der Waals surface area contributed by atoms with E-state index in [-0.39, 0.29) is 5.41 Å². The molecule has 1 rings (SSSR count). The zero-order valence-electron chi connectivity index (χ0n) is 10.6. The van der Waals surface area contributed by atoms with Crippen molar-refractivity contribution in [2.75, 3.05) is 6.61 Å². The number of benzene rings is 1. The molecule has 17 heavy (non-hydrogen) atoms. The monoisotopic (exact) mass is 317 g/mol. The van der Waals surface area contributed by atoms with E-state index in [1.54, 1.807) is 0 Å². The van der Waals surface area contributed by atoms with Gasteiger partial charge in [0, 0.05) is 0 Å². The molecule has 0 saturated heterocycles. The molecule has 0 N–H and O–H groups in total. The molecule has 0 bridgehead atoms. The molecule has 0 aliphatic carbocycles. The number of ether oxygens (including phenoxy) is 1. The normalized spacial score (nSPS) is 11.6. The molecule has 3 heteroatoms. The smallest absolute Gasteiger partial charge is 0.152 e. The first-order chi connectivity index (χ1) is 7.86. The Morgan fingerprint density at radius 1 is 1.41 bits per heavy atom. The molecular weight excluding hydrogens is 300 g/mol.